The van der Waals surface area contributed by atoms with E-state index in [1.165, 1.54) is 32.1 Å². The third-order valence-electron chi connectivity index (χ3n) is 4.12. The van der Waals surface area contributed by atoms with Gasteiger partial charge in [-0.25, -0.2) is 4.98 Å². The molecule has 0 aromatic carbocycles. The molecule has 2 aromatic heterocycles. The van der Waals surface area contributed by atoms with Crippen LogP contribution in [0.25, 0.3) is 5.65 Å². The highest BCUT2D eigenvalue weighted by Crippen LogP contribution is 2.27. The molecule has 0 N–H and O–H groups in total. The highest BCUT2D eigenvalue weighted by atomic mass is 16.1. The van der Waals surface area contributed by atoms with Crippen LogP contribution < -0.4 is 4.90 Å². The third kappa shape index (κ3) is 2.11. The Morgan fingerprint density at radius 1 is 1.32 bits per heavy atom. The van der Waals surface area contributed by atoms with Gasteiger partial charge in [-0.3, -0.25) is 9.20 Å². The molecule has 2 aromatic rings. The minimum absolute atomic E-state index is 0.511. The molecular formula is C15H19N3O. The monoisotopic (exact) mass is 257 g/mol. The molecule has 2 heterocycles. The number of aromatic nitrogens is 2. The molecule has 1 fully saturated rings. The zero-order valence-electron chi connectivity index (χ0n) is 11.2. The summed E-state index contributed by atoms with van der Waals surface area (Å²) in [6.07, 6.45) is 9.08. The van der Waals surface area contributed by atoms with Crippen molar-refractivity contribution in [2.24, 2.45) is 0 Å². The quantitative estimate of drug-likeness (QED) is 0.793. The van der Waals surface area contributed by atoms with Gasteiger partial charge < -0.3 is 4.90 Å². The zero-order chi connectivity index (χ0) is 13.2. The molecule has 4 nitrogen and oxygen atoms in total. The highest BCUT2D eigenvalue weighted by molar-refractivity contribution is 5.83. The van der Waals surface area contributed by atoms with Gasteiger partial charge in [0.25, 0.3) is 0 Å². The minimum Gasteiger partial charge on any atom is -0.355 e. The molecule has 4 heteroatoms. The van der Waals surface area contributed by atoms with Crippen LogP contribution in [0.1, 0.15) is 42.6 Å². The third-order valence-corrected chi connectivity index (χ3v) is 4.12. The van der Waals surface area contributed by atoms with Crippen molar-refractivity contribution >= 4 is 17.8 Å². The van der Waals surface area contributed by atoms with Crippen molar-refractivity contribution < 1.29 is 4.79 Å². The average molecular weight is 257 g/mol. The highest BCUT2D eigenvalue weighted by Gasteiger charge is 2.23. The largest absolute Gasteiger partial charge is 0.355 e. The molecule has 1 aliphatic rings. The van der Waals surface area contributed by atoms with Crippen LogP contribution in [0, 0.1) is 0 Å². The van der Waals surface area contributed by atoms with E-state index in [0.717, 1.165) is 17.8 Å². The molecule has 0 atom stereocenters. The van der Waals surface area contributed by atoms with Gasteiger partial charge in [0, 0.05) is 19.3 Å². The summed E-state index contributed by atoms with van der Waals surface area (Å²) in [4.78, 5) is 18.2. The summed E-state index contributed by atoms with van der Waals surface area (Å²) >= 11 is 0. The number of imidazole rings is 1. The zero-order valence-corrected chi connectivity index (χ0v) is 11.2. The first-order chi connectivity index (χ1) is 9.31. The second-order valence-electron chi connectivity index (χ2n) is 5.27. The average Bonchev–Trinajstić information content (AvgIpc) is 2.85. The summed E-state index contributed by atoms with van der Waals surface area (Å²) in [5, 5.41) is 0. The fourth-order valence-corrected chi connectivity index (χ4v) is 3.01. The number of fused-ring (bicyclic) bond motifs is 1. The number of hydrogen-bond donors (Lipinski definition) is 0. The maximum absolute atomic E-state index is 11.4. The lowest BCUT2D eigenvalue weighted by atomic mass is 9.94. The molecule has 0 unspecified atom stereocenters. The molecule has 0 amide bonds. The Morgan fingerprint density at radius 2 is 2.11 bits per heavy atom. The van der Waals surface area contributed by atoms with Crippen molar-refractivity contribution in [1.29, 1.82) is 0 Å². The lowest BCUT2D eigenvalue weighted by Crippen LogP contribution is -2.34. The van der Waals surface area contributed by atoms with E-state index in [1.54, 1.807) is 0 Å². The Labute approximate surface area is 113 Å². The van der Waals surface area contributed by atoms with Crippen LogP contribution in [0.5, 0.6) is 0 Å². The number of pyridine rings is 1. The summed E-state index contributed by atoms with van der Waals surface area (Å²) in [5.74, 6) is 0.813. The van der Waals surface area contributed by atoms with Gasteiger partial charge in [0.2, 0.25) is 0 Å². The molecular weight excluding hydrogens is 238 g/mol. The lowest BCUT2D eigenvalue weighted by molar-refractivity contribution is 0.111. The molecule has 0 spiro atoms. The number of aldehydes is 1. The van der Waals surface area contributed by atoms with Gasteiger partial charge in [-0.2, -0.15) is 0 Å². The van der Waals surface area contributed by atoms with Crippen molar-refractivity contribution in [3.8, 4) is 0 Å². The predicted molar refractivity (Wildman–Crippen MR) is 75.9 cm³/mol. The second kappa shape index (κ2) is 5.03. The van der Waals surface area contributed by atoms with Crippen molar-refractivity contribution in [3.63, 3.8) is 0 Å². The molecule has 0 aliphatic heterocycles. The number of anilines is 1. The van der Waals surface area contributed by atoms with Gasteiger partial charge in [0.1, 0.15) is 11.3 Å². The van der Waals surface area contributed by atoms with E-state index in [4.69, 9.17) is 0 Å². The van der Waals surface area contributed by atoms with Gasteiger partial charge in [0.15, 0.2) is 12.1 Å². The number of carbonyl (C=O) groups is 1. The van der Waals surface area contributed by atoms with E-state index >= 15 is 0 Å². The topological polar surface area (TPSA) is 37.6 Å². The maximum Gasteiger partial charge on any atom is 0.170 e. The number of carbonyl (C=O) groups excluding carboxylic acids is 1. The fraction of sp³-hybridized carbons (Fsp3) is 0.467. The Morgan fingerprint density at radius 3 is 2.84 bits per heavy atom. The van der Waals surface area contributed by atoms with E-state index in [9.17, 15) is 4.79 Å². The van der Waals surface area contributed by atoms with Gasteiger partial charge in [0.05, 0.1) is 0 Å². The Hall–Kier alpha value is -1.84. The normalized spacial score (nSPS) is 16.7. The summed E-state index contributed by atoms with van der Waals surface area (Å²) in [6, 6.07) is 6.32. The van der Waals surface area contributed by atoms with Gasteiger partial charge in [-0.1, -0.05) is 25.3 Å². The van der Waals surface area contributed by atoms with Gasteiger partial charge >= 0.3 is 0 Å². The van der Waals surface area contributed by atoms with Crippen molar-refractivity contribution in [2.75, 3.05) is 11.9 Å². The number of rotatable bonds is 3. The SMILES string of the molecule is CN(c1nc2ccccn2c1C=O)C1CCCCC1. The van der Waals surface area contributed by atoms with Crippen LogP contribution in [0.4, 0.5) is 5.82 Å². The molecule has 1 saturated carbocycles. The molecule has 1 aliphatic carbocycles. The Kier molecular flexibility index (Phi) is 3.23. The van der Waals surface area contributed by atoms with Gasteiger partial charge in [-0.05, 0) is 25.0 Å². The summed E-state index contributed by atoms with van der Waals surface area (Å²) < 4.78 is 1.86. The number of nitrogens with zero attached hydrogens (tertiary/aromatic N) is 3. The van der Waals surface area contributed by atoms with E-state index in [-0.39, 0.29) is 0 Å². The molecule has 3 rings (SSSR count). The summed E-state index contributed by atoms with van der Waals surface area (Å²) in [7, 11) is 2.06. The van der Waals surface area contributed by atoms with Crippen LogP contribution in [-0.2, 0) is 0 Å². The first kappa shape index (κ1) is 12.2. The first-order valence-electron chi connectivity index (χ1n) is 6.96. The van der Waals surface area contributed by atoms with Crippen molar-refractivity contribution in [2.45, 2.75) is 38.1 Å². The van der Waals surface area contributed by atoms with Crippen molar-refractivity contribution in [1.82, 2.24) is 9.38 Å². The van der Waals surface area contributed by atoms with E-state index < -0.39 is 0 Å². The smallest absolute Gasteiger partial charge is 0.170 e. The van der Waals surface area contributed by atoms with Crippen LogP contribution in [0.3, 0.4) is 0 Å². The van der Waals surface area contributed by atoms with E-state index in [1.807, 2.05) is 28.8 Å². The van der Waals surface area contributed by atoms with Crippen LogP contribution >= 0.6 is 0 Å². The molecule has 100 valence electrons. The molecule has 19 heavy (non-hydrogen) atoms. The summed E-state index contributed by atoms with van der Waals surface area (Å²) in [5.41, 5.74) is 1.49. The van der Waals surface area contributed by atoms with Crippen LogP contribution in [0.2, 0.25) is 0 Å². The van der Waals surface area contributed by atoms with E-state index in [0.29, 0.717) is 11.7 Å². The number of hydrogen-bond acceptors (Lipinski definition) is 3. The fourth-order valence-electron chi connectivity index (χ4n) is 3.01. The predicted octanol–water partition coefficient (Wildman–Crippen LogP) is 2.92. The summed E-state index contributed by atoms with van der Waals surface area (Å²) in [6.45, 7) is 0. The standard InChI is InChI=1S/C15H19N3O/c1-17(12-7-3-2-4-8-12)15-13(11-19)18-10-6-5-9-14(18)16-15/h5-6,9-12H,2-4,7-8H2,1H3. The molecule has 0 saturated heterocycles. The van der Waals surface area contributed by atoms with Crippen LogP contribution in [-0.4, -0.2) is 28.8 Å². The van der Waals surface area contributed by atoms with E-state index in [2.05, 4.69) is 16.9 Å². The second-order valence-corrected chi connectivity index (χ2v) is 5.27. The lowest BCUT2D eigenvalue weighted by Gasteiger charge is -2.31. The minimum atomic E-state index is 0.511. The Balaban J connectivity index is 2.01. The maximum atomic E-state index is 11.4. The molecule has 0 bridgehead atoms. The van der Waals surface area contributed by atoms with Crippen molar-refractivity contribution in [3.05, 3.63) is 30.1 Å². The van der Waals surface area contributed by atoms with Crippen LogP contribution in [0.15, 0.2) is 24.4 Å². The molecule has 0 radical (unpaired) electrons. The first-order valence-corrected chi connectivity index (χ1v) is 6.96. The van der Waals surface area contributed by atoms with Gasteiger partial charge in [-0.15, -0.1) is 0 Å². The Bertz CT molecular complexity index is 584.